The fourth-order valence-electron chi connectivity index (χ4n) is 4.25. The van der Waals surface area contributed by atoms with Gasteiger partial charge in [0, 0.05) is 36.1 Å². The molecule has 0 aliphatic carbocycles. The van der Waals surface area contributed by atoms with E-state index in [1.807, 2.05) is 25.1 Å². The molecule has 0 fully saturated rings. The molecular formula is C25H31Cl2N7O. The number of halogens is 2. The van der Waals surface area contributed by atoms with Crippen LogP contribution in [0.15, 0.2) is 47.4 Å². The number of aromatic nitrogens is 5. The normalized spacial score (nSPS) is 13.0. The average molecular weight is 516 g/mol. The largest absolute Gasteiger partial charge is 0.324 e. The Hall–Kier alpha value is -2.94. The van der Waals surface area contributed by atoms with Crippen molar-refractivity contribution in [2.24, 2.45) is 0 Å². The van der Waals surface area contributed by atoms with Crippen LogP contribution in [-0.2, 0) is 24.9 Å². The minimum atomic E-state index is -0.123. The molecule has 0 saturated carbocycles. The first-order valence-electron chi connectivity index (χ1n) is 11.4. The molecule has 1 aromatic carbocycles. The standard InChI is InChI=1S/C25H29N7O.2ClH/c1-5-31-23(33)19-15-27-24(28-18-10-9-16-11-12-26-14-17(16)13-18)30-22(19)32(31)21-8-6-7-20(29-21)25(2,3)4;;/h6-10,13,15,26H,5,11-12,14H2,1-4H3,(H,27,28,30);2*1H. The van der Waals surface area contributed by atoms with Gasteiger partial charge >= 0.3 is 0 Å². The van der Waals surface area contributed by atoms with Crippen LogP contribution in [0.3, 0.4) is 0 Å². The van der Waals surface area contributed by atoms with Crippen LogP contribution in [0.2, 0.25) is 0 Å². The van der Waals surface area contributed by atoms with Gasteiger partial charge in [0.05, 0.1) is 0 Å². The van der Waals surface area contributed by atoms with Gasteiger partial charge in [-0.2, -0.15) is 4.98 Å². The number of rotatable bonds is 4. The molecule has 0 radical (unpaired) electrons. The lowest BCUT2D eigenvalue weighted by atomic mass is 9.92. The lowest BCUT2D eigenvalue weighted by Gasteiger charge is -2.19. The van der Waals surface area contributed by atoms with Crippen LogP contribution in [0.5, 0.6) is 0 Å². The summed E-state index contributed by atoms with van der Waals surface area (Å²) in [4.78, 5) is 27.1. The van der Waals surface area contributed by atoms with Gasteiger partial charge in [-0.15, -0.1) is 24.8 Å². The minimum Gasteiger partial charge on any atom is -0.324 e. The summed E-state index contributed by atoms with van der Waals surface area (Å²) < 4.78 is 3.46. The number of hydrogen-bond acceptors (Lipinski definition) is 6. The molecule has 35 heavy (non-hydrogen) atoms. The molecule has 3 aromatic heterocycles. The molecule has 1 aliphatic heterocycles. The highest BCUT2D eigenvalue weighted by molar-refractivity contribution is 5.85. The molecule has 8 nitrogen and oxygen atoms in total. The van der Waals surface area contributed by atoms with E-state index in [1.165, 1.54) is 11.1 Å². The van der Waals surface area contributed by atoms with Crippen molar-refractivity contribution in [3.05, 3.63) is 69.8 Å². The molecule has 5 rings (SSSR count). The quantitative estimate of drug-likeness (QED) is 0.415. The van der Waals surface area contributed by atoms with Gasteiger partial charge in [0.15, 0.2) is 11.5 Å². The maximum Gasteiger partial charge on any atom is 0.278 e. The highest BCUT2D eigenvalue weighted by atomic mass is 35.5. The zero-order valence-electron chi connectivity index (χ0n) is 20.3. The number of pyridine rings is 1. The lowest BCUT2D eigenvalue weighted by molar-refractivity contribution is 0.545. The van der Waals surface area contributed by atoms with Gasteiger partial charge in [-0.3, -0.25) is 4.79 Å². The van der Waals surface area contributed by atoms with Crippen molar-refractivity contribution in [3.8, 4) is 5.82 Å². The average Bonchev–Trinajstić information content (AvgIpc) is 3.09. The fraction of sp³-hybridized carbons (Fsp3) is 0.360. The molecule has 1 aliphatic rings. The van der Waals surface area contributed by atoms with Gasteiger partial charge in [-0.05, 0) is 55.3 Å². The van der Waals surface area contributed by atoms with Crippen molar-refractivity contribution in [1.82, 2.24) is 29.6 Å². The number of nitrogens with zero attached hydrogens (tertiary/aromatic N) is 5. The number of hydrogen-bond donors (Lipinski definition) is 2. The highest BCUT2D eigenvalue weighted by Gasteiger charge is 2.20. The third-order valence-electron chi connectivity index (χ3n) is 6.04. The van der Waals surface area contributed by atoms with Crippen LogP contribution in [-0.4, -0.2) is 30.9 Å². The van der Waals surface area contributed by atoms with Crippen molar-refractivity contribution < 1.29 is 0 Å². The summed E-state index contributed by atoms with van der Waals surface area (Å²) in [6, 6.07) is 12.2. The molecule has 0 spiro atoms. The van der Waals surface area contributed by atoms with Gasteiger partial charge in [-0.1, -0.05) is 32.9 Å². The second-order valence-corrected chi connectivity index (χ2v) is 9.43. The highest BCUT2D eigenvalue weighted by Crippen LogP contribution is 2.24. The molecule has 0 bridgehead atoms. The molecular weight excluding hydrogens is 485 g/mol. The zero-order valence-corrected chi connectivity index (χ0v) is 22.0. The van der Waals surface area contributed by atoms with Crippen LogP contribution < -0.4 is 16.2 Å². The van der Waals surface area contributed by atoms with Crippen LogP contribution in [0.4, 0.5) is 11.6 Å². The van der Waals surface area contributed by atoms with E-state index in [-0.39, 0.29) is 35.8 Å². The summed E-state index contributed by atoms with van der Waals surface area (Å²) in [6.45, 7) is 10.7. The number of anilines is 2. The van der Waals surface area contributed by atoms with Gasteiger partial charge in [0.1, 0.15) is 5.39 Å². The van der Waals surface area contributed by atoms with Crippen molar-refractivity contribution in [2.75, 3.05) is 11.9 Å². The molecule has 0 atom stereocenters. The predicted octanol–water partition coefficient (Wildman–Crippen LogP) is 4.53. The van der Waals surface area contributed by atoms with E-state index in [9.17, 15) is 4.79 Å². The second kappa shape index (κ2) is 10.4. The lowest BCUT2D eigenvalue weighted by Crippen LogP contribution is -2.23. The Balaban J connectivity index is 0.00000171. The second-order valence-electron chi connectivity index (χ2n) is 9.43. The molecule has 4 heterocycles. The van der Waals surface area contributed by atoms with Crippen LogP contribution >= 0.6 is 24.8 Å². The third-order valence-corrected chi connectivity index (χ3v) is 6.04. The topological polar surface area (TPSA) is 89.7 Å². The van der Waals surface area contributed by atoms with Crippen LogP contribution in [0.1, 0.15) is 44.5 Å². The Morgan fingerprint density at radius 2 is 1.89 bits per heavy atom. The summed E-state index contributed by atoms with van der Waals surface area (Å²) in [5.41, 5.74) is 4.83. The smallest absolute Gasteiger partial charge is 0.278 e. The van der Waals surface area contributed by atoms with Crippen LogP contribution in [0, 0.1) is 0 Å². The van der Waals surface area contributed by atoms with E-state index < -0.39 is 0 Å². The fourth-order valence-corrected chi connectivity index (χ4v) is 4.25. The van der Waals surface area contributed by atoms with E-state index in [1.54, 1.807) is 15.6 Å². The Morgan fingerprint density at radius 1 is 1.09 bits per heavy atom. The maximum atomic E-state index is 13.1. The Labute approximate surface area is 217 Å². The van der Waals surface area contributed by atoms with Crippen LogP contribution in [0.25, 0.3) is 16.9 Å². The van der Waals surface area contributed by atoms with Gasteiger partial charge in [0.25, 0.3) is 5.56 Å². The van der Waals surface area contributed by atoms with E-state index in [0.717, 1.165) is 30.9 Å². The van der Waals surface area contributed by atoms with E-state index in [0.29, 0.717) is 29.3 Å². The maximum absolute atomic E-state index is 13.1. The summed E-state index contributed by atoms with van der Waals surface area (Å²) in [6.07, 6.45) is 2.64. The zero-order chi connectivity index (χ0) is 23.2. The Bertz CT molecular complexity index is 1410. The molecule has 2 N–H and O–H groups in total. The molecule has 186 valence electrons. The predicted molar refractivity (Wildman–Crippen MR) is 145 cm³/mol. The van der Waals surface area contributed by atoms with Gasteiger partial charge in [0.2, 0.25) is 5.95 Å². The Morgan fingerprint density at radius 3 is 2.63 bits per heavy atom. The molecule has 4 aromatic rings. The monoisotopic (exact) mass is 515 g/mol. The number of benzene rings is 1. The first kappa shape index (κ1) is 26.7. The van der Waals surface area contributed by atoms with E-state index in [2.05, 4.69) is 54.6 Å². The van der Waals surface area contributed by atoms with Crippen molar-refractivity contribution in [2.45, 2.75) is 52.6 Å². The molecule has 0 amide bonds. The van der Waals surface area contributed by atoms with Crippen molar-refractivity contribution >= 4 is 47.5 Å². The van der Waals surface area contributed by atoms with Crippen molar-refractivity contribution in [1.29, 1.82) is 0 Å². The SMILES string of the molecule is CCn1c(=O)c2cnc(Nc3ccc4c(c3)CNCC4)nc2n1-c1cccc(C(C)(C)C)n1.Cl.Cl. The summed E-state index contributed by atoms with van der Waals surface area (Å²) in [5, 5.41) is 7.19. The summed E-state index contributed by atoms with van der Waals surface area (Å²) in [7, 11) is 0. The third kappa shape index (κ3) is 5.05. The minimum absolute atomic E-state index is 0. The summed E-state index contributed by atoms with van der Waals surface area (Å²) >= 11 is 0. The first-order valence-corrected chi connectivity index (χ1v) is 11.4. The van der Waals surface area contributed by atoms with Gasteiger partial charge < -0.3 is 10.6 Å². The molecule has 10 heteroatoms. The van der Waals surface area contributed by atoms with E-state index in [4.69, 9.17) is 9.97 Å². The molecule has 0 unspecified atom stereocenters. The van der Waals surface area contributed by atoms with Crippen molar-refractivity contribution in [3.63, 3.8) is 0 Å². The first-order chi connectivity index (χ1) is 15.8. The number of fused-ring (bicyclic) bond motifs is 2. The molecule has 0 saturated heterocycles. The number of nitrogens with one attached hydrogen (secondary N) is 2. The Kier molecular flexibility index (Phi) is 7.89. The summed E-state index contributed by atoms with van der Waals surface area (Å²) in [5.74, 6) is 1.11. The van der Waals surface area contributed by atoms with Gasteiger partial charge in [-0.25, -0.2) is 19.3 Å². The van der Waals surface area contributed by atoms with E-state index >= 15 is 0 Å².